The summed E-state index contributed by atoms with van der Waals surface area (Å²) in [5.74, 6) is 0. The predicted octanol–water partition coefficient (Wildman–Crippen LogP) is 16.5. The van der Waals surface area contributed by atoms with Gasteiger partial charge < -0.3 is 13.9 Å². The van der Waals surface area contributed by atoms with E-state index in [0.717, 1.165) is 55.8 Å². The number of benzene rings is 10. The molecule has 0 aliphatic carbocycles. The number of furan rings is 1. The van der Waals surface area contributed by atoms with Crippen LogP contribution in [0.15, 0.2) is 211 Å². The van der Waals surface area contributed by atoms with Gasteiger partial charge in [0.05, 0.1) is 27.1 Å². The highest BCUT2D eigenvalue weighted by atomic mass is 32.1. The van der Waals surface area contributed by atoms with Crippen molar-refractivity contribution in [2.75, 3.05) is 4.90 Å². The van der Waals surface area contributed by atoms with Crippen LogP contribution in [-0.2, 0) is 0 Å². The SMILES string of the molecule is c1cc(-c2cccc(-n3c4ccccc4c4ccccc43)c2)cc(N(c2cccc3c2oc2ccc4ccccc4c23)c2cccc3c2sc2c4ccccc4ccc32)c1. The summed E-state index contributed by atoms with van der Waals surface area (Å²) in [6.07, 6.45) is 0. The molecule has 0 amide bonds. The van der Waals surface area contributed by atoms with E-state index in [1.54, 1.807) is 0 Å². The summed E-state index contributed by atoms with van der Waals surface area (Å²) < 4.78 is 11.9. The third-order valence-corrected chi connectivity index (χ3v) is 13.6. The molecule has 0 fully saturated rings. The number of anilines is 3. The summed E-state index contributed by atoms with van der Waals surface area (Å²) in [7, 11) is 0. The molecule has 0 atom stereocenters. The molecular formula is C56H34N2OS. The predicted molar refractivity (Wildman–Crippen MR) is 256 cm³/mol. The van der Waals surface area contributed by atoms with E-state index in [-0.39, 0.29) is 0 Å². The maximum absolute atomic E-state index is 6.95. The largest absolute Gasteiger partial charge is 0.454 e. The topological polar surface area (TPSA) is 21.3 Å². The lowest BCUT2D eigenvalue weighted by molar-refractivity contribution is 0.669. The van der Waals surface area contributed by atoms with Crippen molar-refractivity contribution >= 4 is 114 Å². The molecular weight excluding hydrogens is 749 g/mol. The standard InChI is InChI=1S/C56H34N2OS/c1-3-19-41-35(13-1)30-32-52-53(41)47-24-12-27-50(54(47)59-52)58(51-28-11-23-45-46-31-29-36-14-2-4-20-42(36)55(46)60-56(45)51)40-18-10-16-38(34-40)37-15-9-17-39(33-37)57-48-25-7-5-21-43(48)44-22-6-8-26-49(44)57/h1-34H. The van der Waals surface area contributed by atoms with Crippen LogP contribution in [0.5, 0.6) is 0 Å². The number of para-hydroxylation sites is 3. The van der Waals surface area contributed by atoms with Crippen LogP contribution in [0.3, 0.4) is 0 Å². The Balaban J connectivity index is 1.05. The first-order valence-corrected chi connectivity index (χ1v) is 21.2. The molecule has 60 heavy (non-hydrogen) atoms. The van der Waals surface area contributed by atoms with Crippen molar-refractivity contribution in [3.8, 4) is 16.8 Å². The molecule has 0 spiro atoms. The summed E-state index contributed by atoms with van der Waals surface area (Å²) in [5, 5.41) is 12.2. The quantitative estimate of drug-likeness (QED) is 0.173. The number of rotatable bonds is 5. The van der Waals surface area contributed by atoms with Crippen molar-refractivity contribution in [1.82, 2.24) is 4.57 Å². The van der Waals surface area contributed by atoms with Crippen molar-refractivity contribution in [1.29, 1.82) is 0 Å². The van der Waals surface area contributed by atoms with Crippen LogP contribution in [-0.4, -0.2) is 4.57 Å². The Morgan fingerprint density at radius 3 is 1.78 bits per heavy atom. The van der Waals surface area contributed by atoms with Gasteiger partial charge in [0.2, 0.25) is 0 Å². The van der Waals surface area contributed by atoms with Gasteiger partial charge in [-0.25, -0.2) is 0 Å². The summed E-state index contributed by atoms with van der Waals surface area (Å²) in [6, 6.07) is 74.8. The van der Waals surface area contributed by atoms with Gasteiger partial charge in [0.15, 0.2) is 5.58 Å². The maximum atomic E-state index is 6.95. The Bertz CT molecular complexity index is 3800. The Morgan fingerprint density at radius 1 is 0.400 bits per heavy atom. The third-order valence-electron chi connectivity index (χ3n) is 12.3. The molecule has 3 heterocycles. The molecule has 13 rings (SSSR count). The highest BCUT2D eigenvalue weighted by molar-refractivity contribution is 7.27. The zero-order chi connectivity index (χ0) is 39.3. The van der Waals surface area contributed by atoms with Gasteiger partial charge in [-0.2, -0.15) is 0 Å². The van der Waals surface area contributed by atoms with Gasteiger partial charge in [-0.05, 0) is 87.3 Å². The maximum Gasteiger partial charge on any atom is 0.159 e. The number of thiophene rings is 1. The average molecular weight is 783 g/mol. The molecule has 0 saturated heterocycles. The number of hydrogen-bond donors (Lipinski definition) is 0. The lowest BCUT2D eigenvalue weighted by atomic mass is 10.0. The molecule has 0 bridgehead atoms. The van der Waals surface area contributed by atoms with E-state index in [9.17, 15) is 0 Å². The summed E-state index contributed by atoms with van der Waals surface area (Å²) in [5.41, 5.74) is 10.7. The van der Waals surface area contributed by atoms with Crippen molar-refractivity contribution < 1.29 is 4.42 Å². The highest BCUT2D eigenvalue weighted by Crippen LogP contribution is 2.49. The van der Waals surface area contributed by atoms with Crippen molar-refractivity contribution in [3.05, 3.63) is 206 Å². The normalized spacial score (nSPS) is 12.0. The minimum absolute atomic E-state index is 0.867. The first-order chi connectivity index (χ1) is 29.8. The van der Waals surface area contributed by atoms with Gasteiger partial charge in [-0.15, -0.1) is 11.3 Å². The zero-order valence-corrected chi connectivity index (χ0v) is 33.2. The first-order valence-electron chi connectivity index (χ1n) is 20.4. The van der Waals surface area contributed by atoms with Crippen LogP contribution in [0, 0.1) is 0 Å². The van der Waals surface area contributed by atoms with Gasteiger partial charge in [-0.3, -0.25) is 0 Å². The number of nitrogens with zero attached hydrogens (tertiary/aromatic N) is 2. The van der Waals surface area contributed by atoms with Crippen molar-refractivity contribution in [2.45, 2.75) is 0 Å². The second kappa shape index (κ2) is 12.9. The van der Waals surface area contributed by atoms with Gasteiger partial charge in [0.1, 0.15) is 5.58 Å². The van der Waals surface area contributed by atoms with Crippen LogP contribution in [0.4, 0.5) is 17.1 Å². The van der Waals surface area contributed by atoms with E-state index < -0.39 is 0 Å². The molecule has 3 aromatic heterocycles. The average Bonchev–Trinajstić information content (AvgIpc) is 4.00. The van der Waals surface area contributed by atoms with Crippen LogP contribution in [0.25, 0.3) is 102 Å². The molecule has 13 aromatic rings. The summed E-state index contributed by atoms with van der Waals surface area (Å²) in [6.45, 7) is 0. The summed E-state index contributed by atoms with van der Waals surface area (Å²) >= 11 is 1.88. The lowest BCUT2D eigenvalue weighted by Gasteiger charge is -2.26. The fourth-order valence-electron chi connectivity index (χ4n) is 9.67. The third kappa shape index (κ3) is 4.89. The van der Waals surface area contributed by atoms with E-state index in [0.29, 0.717) is 0 Å². The van der Waals surface area contributed by atoms with E-state index in [1.807, 2.05) is 11.3 Å². The van der Waals surface area contributed by atoms with Gasteiger partial charge in [-0.1, -0.05) is 152 Å². The molecule has 0 aliphatic rings. The van der Waals surface area contributed by atoms with Crippen molar-refractivity contribution in [2.24, 2.45) is 0 Å². The number of hydrogen-bond acceptors (Lipinski definition) is 3. The Kier molecular flexibility index (Phi) is 7.18. The monoisotopic (exact) mass is 782 g/mol. The van der Waals surface area contributed by atoms with E-state index >= 15 is 0 Å². The van der Waals surface area contributed by atoms with Crippen LogP contribution < -0.4 is 4.90 Å². The van der Waals surface area contributed by atoms with Crippen molar-refractivity contribution in [3.63, 3.8) is 0 Å². The second-order valence-corrected chi connectivity index (χ2v) is 16.7. The zero-order valence-electron chi connectivity index (χ0n) is 32.3. The second-order valence-electron chi connectivity index (χ2n) is 15.6. The fraction of sp³-hybridized carbons (Fsp3) is 0. The van der Waals surface area contributed by atoms with Gasteiger partial charge in [0, 0.05) is 48.4 Å². The smallest absolute Gasteiger partial charge is 0.159 e. The Morgan fingerprint density at radius 2 is 0.983 bits per heavy atom. The number of aromatic nitrogens is 1. The molecule has 10 aromatic carbocycles. The fourth-order valence-corrected chi connectivity index (χ4v) is 11.0. The molecule has 0 N–H and O–H groups in total. The van der Waals surface area contributed by atoms with Crippen LogP contribution in [0.1, 0.15) is 0 Å². The molecule has 3 nitrogen and oxygen atoms in total. The van der Waals surface area contributed by atoms with E-state index in [4.69, 9.17) is 4.42 Å². The Labute approximate surface area is 349 Å². The first kappa shape index (κ1) is 33.3. The minimum atomic E-state index is 0.867. The molecule has 0 aliphatic heterocycles. The van der Waals surface area contributed by atoms with E-state index in [1.165, 1.54) is 63.5 Å². The van der Waals surface area contributed by atoms with Gasteiger partial charge >= 0.3 is 0 Å². The molecule has 0 radical (unpaired) electrons. The van der Waals surface area contributed by atoms with Gasteiger partial charge in [0.25, 0.3) is 0 Å². The molecule has 4 heteroatoms. The lowest BCUT2D eigenvalue weighted by Crippen LogP contribution is -2.10. The van der Waals surface area contributed by atoms with Crippen LogP contribution >= 0.6 is 11.3 Å². The minimum Gasteiger partial charge on any atom is -0.454 e. The molecule has 0 unspecified atom stereocenters. The molecule has 280 valence electrons. The van der Waals surface area contributed by atoms with Crippen LogP contribution in [0.2, 0.25) is 0 Å². The highest BCUT2D eigenvalue weighted by Gasteiger charge is 2.24. The Hall–Kier alpha value is -7.66. The summed E-state index contributed by atoms with van der Waals surface area (Å²) in [4.78, 5) is 2.42. The van der Waals surface area contributed by atoms with E-state index in [2.05, 4.69) is 216 Å². The number of fused-ring (bicyclic) bond motifs is 13. The molecule has 0 saturated carbocycles.